The number of benzene rings is 1. The molecule has 0 bridgehead atoms. The van der Waals surface area contributed by atoms with Crippen LogP contribution in [0.5, 0.6) is 0 Å². The minimum Gasteiger partial charge on any atom is -0.478 e. The Labute approximate surface area is 87.7 Å². The lowest BCUT2D eigenvalue weighted by molar-refractivity contribution is -0.119. The van der Waals surface area contributed by atoms with Crippen molar-refractivity contribution >= 4 is 11.8 Å². The van der Waals surface area contributed by atoms with Crippen LogP contribution in [0.2, 0.25) is 0 Å². The molecule has 15 heavy (non-hydrogen) atoms. The van der Waals surface area contributed by atoms with Crippen molar-refractivity contribution in [2.45, 2.75) is 19.3 Å². The molecule has 0 saturated heterocycles. The molecule has 1 aromatic rings. The van der Waals surface area contributed by atoms with E-state index in [9.17, 15) is 9.59 Å². The minimum atomic E-state index is -0.935. The molecule has 0 heterocycles. The third-order valence-electron chi connectivity index (χ3n) is 2.61. The average Bonchev–Trinajstić information content (AvgIpc) is 3.01. The van der Waals surface area contributed by atoms with Gasteiger partial charge in [0, 0.05) is 12.3 Å². The summed E-state index contributed by atoms with van der Waals surface area (Å²) in [7, 11) is 0. The molecular formula is C12H12O3. The highest BCUT2D eigenvalue weighted by atomic mass is 16.4. The van der Waals surface area contributed by atoms with Crippen molar-refractivity contribution in [1.82, 2.24) is 0 Å². The molecule has 1 N–H and O–H groups in total. The van der Waals surface area contributed by atoms with E-state index in [0.717, 1.165) is 18.4 Å². The first-order chi connectivity index (χ1) is 7.16. The van der Waals surface area contributed by atoms with E-state index < -0.39 is 5.97 Å². The number of carbonyl (C=O) groups is 2. The Morgan fingerprint density at radius 3 is 2.27 bits per heavy atom. The predicted octanol–water partition coefficient (Wildman–Crippen LogP) is 1.91. The Hall–Kier alpha value is -1.64. The van der Waals surface area contributed by atoms with Crippen LogP contribution in [0.1, 0.15) is 28.8 Å². The van der Waals surface area contributed by atoms with Crippen LogP contribution in [-0.4, -0.2) is 16.9 Å². The van der Waals surface area contributed by atoms with E-state index in [-0.39, 0.29) is 17.3 Å². The average molecular weight is 204 g/mol. The summed E-state index contributed by atoms with van der Waals surface area (Å²) in [6.45, 7) is 0. The first-order valence-corrected chi connectivity index (χ1v) is 5.02. The summed E-state index contributed by atoms with van der Waals surface area (Å²) in [6, 6.07) is 6.50. The van der Waals surface area contributed by atoms with E-state index in [2.05, 4.69) is 0 Å². The lowest BCUT2D eigenvalue weighted by Crippen LogP contribution is -2.05. The van der Waals surface area contributed by atoms with Gasteiger partial charge in [-0.05, 0) is 30.5 Å². The van der Waals surface area contributed by atoms with Crippen LogP contribution >= 0.6 is 0 Å². The van der Waals surface area contributed by atoms with Gasteiger partial charge in [-0.2, -0.15) is 0 Å². The molecule has 1 fully saturated rings. The smallest absolute Gasteiger partial charge is 0.335 e. The van der Waals surface area contributed by atoms with Gasteiger partial charge >= 0.3 is 5.97 Å². The molecule has 0 unspecified atom stereocenters. The van der Waals surface area contributed by atoms with Crippen LogP contribution in [-0.2, 0) is 11.2 Å². The van der Waals surface area contributed by atoms with Gasteiger partial charge in [-0.15, -0.1) is 0 Å². The second-order valence-corrected chi connectivity index (χ2v) is 3.92. The van der Waals surface area contributed by atoms with Crippen molar-refractivity contribution in [2.75, 3.05) is 0 Å². The Morgan fingerprint density at radius 1 is 1.20 bits per heavy atom. The van der Waals surface area contributed by atoms with Crippen molar-refractivity contribution in [3.8, 4) is 0 Å². The number of Topliss-reactive ketones (excluding diaryl/α,β-unsaturated/α-hetero) is 1. The zero-order chi connectivity index (χ0) is 10.8. The number of hydrogen-bond acceptors (Lipinski definition) is 2. The molecule has 2 rings (SSSR count). The highest BCUT2D eigenvalue weighted by Gasteiger charge is 2.28. The van der Waals surface area contributed by atoms with E-state index in [1.807, 2.05) is 0 Å². The van der Waals surface area contributed by atoms with E-state index >= 15 is 0 Å². The SMILES string of the molecule is O=C(O)c1ccc(CC(=O)C2CC2)cc1. The number of carboxylic acids is 1. The maximum absolute atomic E-state index is 11.5. The molecule has 1 aromatic carbocycles. The van der Waals surface area contributed by atoms with Gasteiger partial charge in [0.2, 0.25) is 0 Å². The molecule has 0 radical (unpaired) electrons. The fourth-order valence-electron chi connectivity index (χ4n) is 1.52. The van der Waals surface area contributed by atoms with Crippen LogP contribution in [0.15, 0.2) is 24.3 Å². The van der Waals surface area contributed by atoms with Gasteiger partial charge in [0.05, 0.1) is 5.56 Å². The summed E-state index contributed by atoms with van der Waals surface area (Å²) in [5.74, 6) is -0.391. The van der Waals surface area contributed by atoms with Crippen LogP contribution in [0.4, 0.5) is 0 Å². The minimum absolute atomic E-state index is 0.262. The van der Waals surface area contributed by atoms with Crippen LogP contribution < -0.4 is 0 Å². The van der Waals surface area contributed by atoms with E-state index in [0.29, 0.717) is 6.42 Å². The van der Waals surface area contributed by atoms with Crippen molar-refractivity contribution in [3.63, 3.8) is 0 Å². The van der Waals surface area contributed by atoms with E-state index in [1.165, 1.54) is 12.1 Å². The lowest BCUT2D eigenvalue weighted by Gasteiger charge is -2.00. The molecule has 3 nitrogen and oxygen atoms in total. The van der Waals surface area contributed by atoms with Crippen molar-refractivity contribution in [3.05, 3.63) is 35.4 Å². The Balaban J connectivity index is 2.03. The largest absolute Gasteiger partial charge is 0.478 e. The molecule has 1 aliphatic rings. The normalized spacial score (nSPS) is 14.9. The maximum atomic E-state index is 11.5. The second-order valence-electron chi connectivity index (χ2n) is 3.92. The Bertz CT molecular complexity index is 388. The summed E-state index contributed by atoms with van der Waals surface area (Å²) < 4.78 is 0. The molecule has 78 valence electrons. The van der Waals surface area contributed by atoms with E-state index in [1.54, 1.807) is 12.1 Å². The van der Waals surface area contributed by atoms with Gasteiger partial charge in [0.1, 0.15) is 5.78 Å². The number of carbonyl (C=O) groups excluding carboxylic acids is 1. The summed E-state index contributed by atoms with van der Waals surface area (Å²) in [6.07, 6.45) is 2.47. The molecular weight excluding hydrogens is 192 g/mol. The van der Waals surface area contributed by atoms with Crippen LogP contribution in [0.3, 0.4) is 0 Å². The molecule has 1 saturated carbocycles. The van der Waals surface area contributed by atoms with Gasteiger partial charge in [-0.1, -0.05) is 12.1 Å². The Kier molecular flexibility index (Phi) is 2.54. The summed E-state index contributed by atoms with van der Waals surface area (Å²) in [5, 5.41) is 8.69. The van der Waals surface area contributed by atoms with Crippen molar-refractivity contribution in [2.24, 2.45) is 5.92 Å². The first-order valence-electron chi connectivity index (χ1n) is 5.02. The topological polar surface area (TPSA) is 54.4 Å². The predicted molar refractivity (Wildman–Crippen MR) is 54.8 cm³/mol. The zero-order valence-electron chi connectivity index (χ0n) is 8.27. The summed E-state index contributed by atoms with van der Waals surface area (Å²) in [4.78, 5) is 22.1. The first kappa shape index (κ1) is 9.90. The third-order valence-corrected chi connectivity index (χ3v) is 2.61. The van der Waals surface area contributed by atoms with Gasteiger partial charge in [0.15, 0.2) is 0 Å². The highest BCUT2D eigenvalue weighted by molar-refractivity contribution is 5.88. The fraction of sp³-hybridized carbons (Fsp3) is 0.333. The zero-order valence-corrected chi connectivity index (χ0v) is 8.27. The lowest BCUT2D eigenvalue weighted by atomic mass is 10.0. The third kappa shape index (κ3) is 2.43. The number of rotatable bonds is 4. The quantitative estimate of drug-likeness (QED) is 0.815. The molecule has 0 aromatic heterocycles. The molecule has 0 atom stereocenters. The summed E-state index contributed by atoms with van der Waals surface area (Å²) in [5.41, 5.74) is 1.16. The molecule has 1 aliphatic carbocycles. The van der Waals surface area contributed by atoms with Crippen LogP contribution in [0.25, 0.3) is 0 Å². The van der Waals surface area contributed by atoms with E-state index in [4.69, 9.17) is 5.11 Å². The molecule has 0 spiro atoms. The second kappa shape index (κ2) is 3.85. The summed E-state index contributed by atoms with van der Waals surface area (Å²) >= 11 is 0. The van der Waals surface area contributed by atoms with Crippen LogP contribution in [0, 0.1) is 5.92 Å². The van der Waals surface area contributed by atoms with Gasteiger partial charge < -0.3 is 5.11 Å². The molecule has 0 aliphatic heterocycles. The number of ketones is 1. The molecule has 3 heteroatoms. The fourth-order valence-corrected chi connectivity index (χ4v) is 1.52. The van der Waals surface area contributed by atoms with Gasteiger partial charge in [0.25, 0.3) is 0 Å². The molecule has 0 amide bonds. The van der Waals surface area contributed by atoms with Crippen molar-refractivity contribution in [1.29, 1.82) is 0 Å². The van der Waals surface area contributed by atoms with Gasteiger partial charge in [-0.25, -0.2) is 4.79 Å². The highest BCUT2D eigenvalue weighted by Crippen LogP contribution is 2.30. The number of carboxylic acid groups (broad SMARTS) is 1. The number of aromatic carboxylic acids is 1. The van der Waals surface area contributed by atoms with Gasteiger partial charge in [-0.3, -0.25) is 4.79 Å². The monoisotopic (exact) mass is 204 g/mol. The number of hydrogen-bond donors (Lipinski definition) is 1. The maximum Gasteiger partial charge on any atom is 0.335 e. The van der Waals surface area contributed by atoms with Crippen molar-refractivity contribution < 1.29 is 14.7 Å². The Morgan fingerprint density at radius 2 is 1.80 bits per heavy atom. The standard InChI is InChI=1S/C12H12O3/c13-11(9-5-6-9)7-8-1-3-10(4-2-8)12(14)15/h1-4,9H,5-7H2,(H,14,15).